The number of hydrogen-bond donors (Lipinski definition) is 1. The quantitative estimate of drug-likeness (QED) is 0.807. The molecule has 1 aliphatic rings. The standard InChI is InChI=1S/C11H12FNO2/c1-13-6-7(4-11(14)15)9-5-8(12)2-3-10(9)13/h2-3,5,7H,4,6H2,1H3,(H,14,15). The van der Waals surface area contributed by atoms with E-state index in [1.807, 2.05) is 11.9 Å². The Bertz CT molecular complexity index is 406. The van der Waals surface area contributed by atoms with Crippen LogP contribution in [0.15, 0.2) is 18.2 Å². The molecule has 0 radical (unpaired) electrons. The van der Waals surface area contributed by atoms with Gasteiger partial charge in [-0.25, -0.2) is 4.39 Å². The normalized spacial score (nSPS) is 19.1. The average Bonchev–Trinajstić information content (AvgIpc) is 2.42. The first-order valence-electron chi connectivity index (χ1n) is 4.80. The Labute approximate surface area is 87.1 Å². The third-order valence-corrected chi connectivity index (χ3v) is 2.76. The molecule has 0 saturated carbocycles. The molecule has 0 spiro atoms. The molecule has 0 amide bonds. The molecule has 0 bridgehead atoms. The summed E-state index contributed by atoms with van der Waals surface area (Å²) in [5.74, 6) is -1.25. The molecule has 0 saturated heterocycles. The first-order chi connectivity index (χ1) is 7.08. The zero-order chi connectivity index (χ0) is 11.0. The number of benzene rings is 1. The fourth-order valence-corrected chi connectivity index (χ4v) is 2.11. The van der Waals surface area contributed by atoms with Crippen molar-refractivity contribution in [3.63, 3.8) is 0 Å². The Hall–Kier alpha value is -1.58. The van der Waals surface area contributed by atoms with Gasteiger partial charge in [0.05, 0.1) is 6.42 Å². The van der Waals surface area contributed by atoms with Crippen LogP contribution in [0.1, 0.15) is 17.9 Å². The highest BCUT2D eigenvalue weighted by Crippen LogP contribution is 2.37. The first-order valence-corrected chi connectivity index (χ1v) is 4.80. The van der Waals surface area contributed by atoms with Gasteiger partial charge >= 0.3 is 5.97 Å². The minimum Gasteiger partial charge on any atom is -0.481 e. The number of aliphatic carboxylic acids is 1. The molecule has 1 aromatic rings. The third-order valence-electron chi connectivity index (χ3n) is 2.76. The molecule has 2 rings (SSSR count). The van der Waals surface area contributed by atoms with E-state index in [0.29, 0.717) is 6.54 Å². The average molecular weight is 209 g/mol. The van der Waals surface area contributed by atoms with Crippen molar-refractivity contribution in [3.05, 3.63) is 29.6 Å². The summed E-state index contributed by atoms with van der Waals surface area (Å²) in [5.41, 5.74) is 1.74. The second-order valence-electron chi connectivity index (χ2n) is 3.88. The molecule has 1 aliphatic heterocycles. The molecule has 4 heteroatoms. The minimum atomic E-state index is -0.842. The zero-order valence-corrected chi connectivity index (χ0v) is 8.40. The van der Waals surface area contributed by atoms with Crippen LogP contribution in [0.25, 0.3) is 0 Å². The lowest BCUT2D eigenvalue weighted by atomic mass is 9.98. The molecular weight excluding hydrogens is 197 g/mol. The fourth-order valence-electron chi connectivity index (χ4n) is 2.11. The maximum Gasteiger partial charge on any atom is 0.304 e. The molecule has 1 unspecified atom stereocenters. The fraction of sp³-hybridized carbons (Fsp3) is 0.364. The van der Waals surface area contributed by atoms with E-state index in [4.69, 9.17) is 5.11 Å². The monoisotopic (exact) mass is 209 g/mol. The van der Waals surface area contributed by atoms with Crippen LogP contribution in [0, 0.1) is 5.82 Å². The second kappa shape index (κ2) is 3.53. The van der Waals surface area contributed by atoms with E-state index < -0.39 is 5.97 Å². The van der Waals surface area contributed by atoms with E-state index >= 15 is 0 Å². The number of halogens is 1. The van der Waals surface area contributed by atoms with Gasteiger partial charge in [0.15, 0.2) is 0 Å². The number of fused-ring (bicyclic) bond motifs is 1. The predicted molar refractivity (Wildman–Crippen MR) is 54.7 cm³/mol. The van der Waals surface area contributed by atoms with Gasteiger partial charge < -0.3 is 10.0 Å². The maximum atomic E-state index is 13.0. The maximum absolute atomic E-state index is 13.0. The largest absolute Gasteiger partial charge is 0.481 e. The van der Waals surface area contributed by atoms with Crippen LogP contribution in [0.5, 0.6) is 0 Å². The number of hydrogen-bond acceptors (Lipinski definition) is 2. The Morgan fingerprint density at radius 1 is 1.67 bits per heavy atom. The van der Waals surface area contributed by atoms with Crippen LogP contribution in [-0.4, -0.2) is 24.7 Å². The summed E-state index contributed by atoms with van der Waals surface area (Å²) < 4.78 is 13.0. The minimum absolute atomic E-state index is 0.0563. The lowest BCUT2D eigenvalue weighted by molar-refractivity contribution is -0.137. The van der Waals surface area contributed by atoms with E-state index in [0.717, 1.165) is 11.3 Å². The van der Waals surface area contributed by atoms with Crippen LogP contribution in [0.3, 0.4) is 0 Å². The number of carboxylic acid groups (broad SMARTS) is 1. The van der Waals surface area contributed by atoms with Crippen LogP contribution in [0.2, 0.25) is 0 Å². The molecular formula is C11H12FNO2. The van der Waals surface area contributed by atoms with Crippen LogP contribution in [-0.2, 0) is 4.79 Å². The summed E-state index contributed by atoms with van der Waals surface area (Å²) in [5, 5.41) is 8.74. The van der Waals surface area contributed by atoms with Gasteiger partial charge in [0, 0.05) is 25.2 Å². The van der Waals surface area contributed by atoms with Crippen molar-refractivity contribution in [1.29, 1.82) is 0 Å². The smallest absolute Gasteiger partial charge is 0.304 e. The molecule has 1 atom stereocenters. The van der Waals surface area contributed by atoms with E-state index in [1.165, 1.54) is 12.1 Å². The second-order valence-corrected chi connectivity index (χ2v) is 3.88. The van der Waals surface area contributed by atoms with Crippen molar-refractivity contribution < 1.29 is 14.3 Å². The number of carboxylic acids is 1. The Morgan fingerprint density at radius 3 is 3.07 bits per heavy atom. The highest BCUT2D eigenvalue weighted by atomic mass is 19.1. The van der Waals surface area contributed by atoms with E-state index in [9.17, 15) is 9.18 Å². The van der Waals surface area contributed by atoms with Crippen molar-refractivity contribution in [1.82, 2.24) is 0 Å². The lowest BCUT2D eigenvalue weighted by Crippen LogP contribution is -2.16. The van der Waals surface area contributed by atoms with Gasteiger partial charge in [-0.15, -0.1) is 0 Å². The van der Waals surface area contributed by atoms with Gasteiger partial charge in [-0.05, 0) is 23.8 Å². The van der Waals surface area contributed by atoms with E-state index in [1.54, 1.807) is 6.07 Å². The van der Waals surface area contributed by atoms with Gasteiger partial charge in [0.25, 0.3) is 0 Å². The molecule has 1 N–H and O–H groups in total. The van der Waals surface area contributed by atoms with Crippen LogP contribution < -0.4 is 4.90 Å². The Balaban J connectivity index is 2.35. The van der Waals surface area contributed by atoms with Crippen molar-refractivity contribution in [2.24, 2.45) is 0 Å². The van der Waals surface area contributed by atoms with Crippen LogP contribution in [0.4, 0.5) is 10.1 Å². The molecule has 3 nitrogen and oxygen atoms in total. The van der Waals surface area contributed by atoms with E-state index in [2.05, 4.69) is 0 Å². The number of carbonyl (C=O) groups is 1. The first kappa shape index (κ1) is 9.96. The summed E-state index contributed by atoms with van der Waals surface area (Å²) in [6, 6.07) is 4.54. The number of nitrogens with zero attached hydrogens (tertiary/aromatic N) is 1. The SMILES string of the molecule is CN1CC(CC(=O)O)c2cc(F)ccc21. The van der Waals surface area contributed by atoms with Crippen LogP contribution >= 0.6 is 0 Å². The highest BCUT2D eigenvalue weighted by Gasteiger charge is 2.28. The zero-order valence-electron chi connectivity index (χ0n) is 8.40. The number of likely N-dealkylation sites (N-methyl/N-ethyl adjacent to an activating group) is 1. The highest BCUT2D eigenvalue weighted by molar-refractivity contribution is 5.71. The molecule has 0 aromatic heterocycles. The topological polar surface area (TPSA) is 40.5 Å². The van der Waals surface area contributed by atoms with Gasteiger partial charge in [-0.2, -0.15) is 0 Å². The Kier molecular flexibility index (Phi) is 2.34. The molecule has 80 valence electrons. The number of anilines is 1. The summed E-state index contributed by atoms with van der Waals surface area (Å²) in [6.45, 7) is 0.644. The molecule has 0 aliphatic carbocycles. The molecule has 15 heavy (non-hydrogen) atoms. The van der Waals surface area contributed by atoms with Gasteiger partial charge in [-0.3, -0.25) is 4.79 Å². The predicted octanol–water partition coefficient (Wildman–Crippen LogP) is 1.83. The lowest BCUT2D eigenvalue weighted by Gasteiger charge is -2.11. The van der Waals surface area contributed by atoms with Crippen molar-refractivity contribution in [2.45, 2.75) is 12.3 Å². The molecule has 1 aromatic carbocycles. The summed E-state index contributed by atoms with van der Waals surface area (Å²) >= 11 is 0. The molecule has 1 heterocycles. The van der Waals surface area contributed by atoms with Gasteiger partial charge in [0.1, 0.15) is 5.82 Å². The van der Waals surface area contributed by atoms with Crippen molar-refractivity contribution in [3.8, 4) is 0 Å². The summed E-state index contributed by atoms with van der Waals surface area (Å²) in [7, 11) is 1.89. The molecule has 0 fully saturated rings. The van der Waals surface area contributed by atoms with Gasteiger partial charge in [-0.1, -0.05) is 0 Å². The number of rotatable bonds is 2. The van der Waals surface area contributed by atoms with Crippen molar-refractivity contribution in [2.75, 3.05) is 18.5 Å². The Morgan fingerprint density at radius 2 is 2.40 bits per heavy atom. The van der Waals surface area contributed by atoms with E-state index in [-0.39, 0.29) is 18.2 Å². The summed E-state index contributed by atoms with van der Waals surface area (Å²) in [4.78, 5) is 12.6. The van der Waals surface area contributed by atoms with Crippen molar-refractivity contribution >= 4 is 11.7 Å². The summed E-state index contributed by atoms with van der Waals surface area (Å²) in [6.07, 6.45) is 0.0563. The third kappa shape index (κ3) is 1.79. The van der Waals surface area contributed by atoms with Gasteiger partial charge in [0.2, 0.25) is 0 Å².